The molecule has 0 radical (unpaired) electrons. The molecule has 6 nitrogen and oxygen atoms in total. The Morgan fingerprint density at radius 3 is 3.00 bits per heavy atom. The number of hydrogen-bond donors (Lipinski definition) is 1. The van der Waals surface area contributed by atoms with Gasteiger partial charge in [-0.2, -0.15) is 0 Å². The second kappa shape index (κ2) is 7.92. The third kappa shape index (κ3) is 4.43. The second-order valence-electron chi connectivity index (χ2n) is 6.23. The van der Waals surface area contributed by atoms with Gasteiger partial charge in [0, 0.05) is 37.1 Å². The lowest BCUT2D eigenvalue weighted by molar-refractivity contribution is -0.120. The van der Waals surface area contributed by atoms with Gasteiger partial charge >= 0.3 is 0 Å². The maximum Gasteiger partial charge on any atom is 0.242 e. The van der Waals surface area contributed by atoms with Gasteiger partial charge in [-0.15, -0.1) is 11.3 Å². The summed E-state index contributed by atoms with van der Waals surface area (Å²) in [5.41, 5.74) is 0. The number of thiophene rings is 1. The van der Waals surface area contributed by atoms with Crippen LogP contribution in [0.4, 0.5) is 5.82 Å². The number of anilines is 1. The van der Waals surface area contributed by atoms with Crippen molar-refractivity contribution in [1.29, 1.82) is 0 Å². The van der Waals surface area contributed by atoms with Crippen molar-refractivity contribution in [3.05, 3.63) is 34.2 Å². The molecule has 130 valence electrons. The monoisotopic (exact) mass is 348 g/mol. The van der Waals surface area contributed by atoms with Crippen LogP contribution < -0.4 is 5.32 Å². The van der Waals surface area contributed by atoms with E-state index in [0.717, 1.165) is 39.1 Å². The summed E-state index contributed by atoms with van der Waals surface area (Å²) < 4.78 is 4.99. The highest BCUT2D eigenvalue weighted by Gasteiger charge is 2.24. The molecule has 0 aromatic carbocycles. The van der Waals surface area contributed by atoms with Crippen LogP contribution in [0.25, 0.3) is 0 Å². The van der Waals surface area contributed by atoms with Crippen LogP contribution in [0.3, 0.4) is 0 Å². The van der Waals surface area contributed by atoms with Gasteiger partial charge in [-0.05, 0) is 38.3 Å². The SMILES string of the molecule is Cc1cc(NC(=O)[C@@H](C)N2CCCN(Cc3cccs3)CC2)no1. The lowest BCUT2D eigenvalue weighted by Gasteiger charge is -2.26. The third-order valence-corrected chi connectivity index (χ3v) is 5.25. The van der Waals surface area contributed by atoms with Crippen molar-refractivity contribution in [2.24, 2.45) is 0 Å². The van der Waals surface area contributed by atoms with Gasteiger partial charge in [0.25, 0.3) is 0 Å². The van der Waals surface area contributed by atoms with E-state index in [0.29, 0.717) is 11.6 Å². The first-order valence-corrected chi connectivity index (χ1v) is 9.23. The molecule has 1 saturated heterocycles. The topological polar surface area (TPSA) is 61.6 Å². The first-order valence-electron chi connectivity index (χ1n) is 8.35. The van der Waals surface area contributed by atoms with Crippen LogP contribution in [0.2, 0.25) is 0 Å². The number of nitrogens with one attached hydrogen (secondary N) is 1. The maximum absolute atomic E-state index is 12.4. The standard InChI is InChI=1S/C17H24N4O2S/c1-13-11-16(19-23-13)18-17(22)14(2)21-7-4-6-20(8-9-21)12-15-5-3-10-24-15/h3,5,10-11,14H,4,6-9,12H2,1-2H3,(H,18,19,22)/t14-/m1/s1. The number of nitrogens with zero attached hydrogens (tertiary/aromatic N) is 3. The highest BCUT2D eigenvalue weighted by atomic mass is 32.1. The van der Waals surface area contributed by atoms with E-state index in [-0.39, 0.29) is 11.9 Å². The molecular weight excluding hydrogens is 324 g/mol. The van der Waals surface area contributed by atoms with Crippen molar-refractivity contribution in [3.63, 3.8) is 0 Å². The largest absolute Gasteiger partial charge is 0.360 e. The van der Waals surface area contributed by atoms with E-state index in [1.807, 2.05) is 13.8 Å². The Hall–Kier alpha value is -1.70. The summed E-state index contributed by atoms with van der Waals surface area (Å²) in [5.74, 6) is 1.14. The van der Waals surface area contributed by atoms with Gasteiger partial charge in [0.05, 0.1) is 6.04 Å². The van der Waals surface area contributed by atoms with Crippen molar-refractivity contribution >= 4 is 23.1 Å². The minimum Gasteiger partial charge on any atom is -0.360 e. The number of amides is 1. The van der Waals surface area contributed by atoms with Gasteiger partial charge in [-0.25, -0.2) is 0 Å². The smallest absolute Gasteiger partial charge is 0.242 e. The summed E-state index contributed by atoms with van der Waals surface area (Å²) in [6.07, 6.45) is 1.08. The molecule has 0 aliphatic carbocycles. The third-order valence-electron chi connectivity index (χ3n) is 4.39. The van der Waals surface area contributed by atoms with E-state index in [9.17, 15) is 4.79 Å². The van der Waals surface area contributed by atoms with Crippen molar-refractivity contribution in [3.8, 4) is 0 Å². The average Bonchev–Trinajstić information content (AvgIpc) is 3.15. The van der Waals surface area contributed by atoms with Crippen molar-refractivity contribution < 1.29 is 9.32 Å². The van der Waals surface area contributed by atoms with Crippen LogP contribution in [-0.2, 0) is 11.3 Å². The van der Waals surface area contributed by atoms with Gasteiger partial charge in [0.1, 0.15) is 5.76 Å². The Morgan fingerprint density at radius 1 is 1.42 bits per heavy atom. The Balaban J connectivity index is 1.51. The first-order chi connectivity index (χ1) is 11.6. The lowest BCUT2D eigenvalue weighted by Crippen LogP contribution is -2.43. The predicted molar refractivity (Wildman–Crippen MR) is 95.1 cm³/mol. The highest BCUT2D eigenvalue weighted by Crippen LogP contribution is 2.15. The molecule has 3 rings (SSSR count). The summed E-state index contributed by atoms with van der Waals surface area (Å²) >= 11 is 1.80. The number of aryl methyl sites for hydroxylation is 1. The molecule has 2 aromatic rings. The molecule has 0 unspecified atom stereocenters. The van der Waals surface area contributed by atoms with Gasteiger partial charge in [-0.1, -0.05) is 11.2 Å². The van der Waals surface area contributed by atoms with Crippen molar-refractivity contribution in [2.75, 3.05) is 31.5 Å². The molecule has 1 amide bonds. The molecule has 24 heavy (non-hydrogen) atoms. The molecule has 1 aliphatic heterocycles. The summed E-state index contributed by atoms with van der Waals surface area (Å²) in [6.45, 7) is 8.67. The molecule has 1 N–H and O–H groups in total. The van der Waals surface area contributed by atoms with Gasteiger partial charge in [0.15, 0.2) is 5.82 Å². The molecule has 0 spiro atoms. The summed E-state index contributed by atoms with van der Waals surface area (Å²) in [4.78, 5) is 18.5. The van der Waals surface area contributed by atoms with E-state index in [4.69, 9.17) is 4.52 Å². The van der Waals surface area contributed by atoms with Gasteiger partial charge < -0.3 is 9.84 Å². The number of carbonyl (C=O) groups is 1. The van der Waals surface area contributed by atoms with Crippen LogP contribution >= 0.6 is 11.3 Å². The van der Waals surface area contributed by atoms with E-state index >= 15 is 0 Å². The molecule has 7 heteroatoms. The van der Waals surface area contributed by atoms with Crippen molar-refractivity contribution in [2.45, 2.75) is 32.9 Å². The van der Waals surface area contributed by atoms with E-state index < -0.39 is 0 Å². The Bertz CT molecular complexity index is 655. The number of rotatable bonds is 5. The van der Waals surface area contributed by atoms with Gasteiger partial charge in [0.2, 0.25) is 5.91 Å². The van der Waals surface area contributed by atoms with Crippen LogP contribution in [0.15, 0.2) is 28.1 Å². The molecule has 0 saturated carbocycles. The van der Waals surface area contributed by atoms with Crippen LogP contribution in [-0.4, -0.2) is 53.1 Å². The summed E-state index contributed by atoms with van der Waals surface area (Å²) in [6, 6.07) is 5.84. The maximum atomic E-state index is 12.4. The predicted octanol–water partition coefficient (Wildman–Crippen LogP) is 2.58. The van der Waals surface area contributed by atoms with Gasteiger partial charge in [-0.3, -0.25) is 14.6 Å². The average molecular weight is 348 g/mol. The van der Waals surface area contributed by atoms with E-state index in [1.54, 1.807) is 17.4 Å². The fraction of sp³-hybridized carbons (Fsp3) is 0.529. The number of aromatic nitrogens is 1. The molecule has 3 heterocycles. The fourth-order valence-corrected chi connectivity index (χ4v) is 3.73. The summed E-state index contributed by atoms with van der Waals surface area (Å²) in [5, 5.41) is 8.78. The lowest BCUT2D eigenvalue weighted by atomic mass is 10.2. The minimum absolute atomic E-state index is 0.0324. The van der Waals surface area contributed by atoms with Crippen LogP contribution in [0.1, 0.15) is 24.0 Å². The molecule has 1 fully saturated rings. The fourth-order valence-electron chi connectivity index (χ4n) is 2.98. The first kappa shape index (κ1) is 17.1. The normalized spacial score (nSPS) is 18.2. The molecule has 1 aliphatic rings. The Morgan fingerprint density at radius 2 is 2.29 bits per heavy atom. The van der Waals surface area contributed by atoms with E-state index in [2.05, 4.69) is 37.8 Å². The molecule has 2 aromatic heterocycles. The van der Waals surface area contributed by atoms with Crippen LogP contribution in [0.5, 0.6) is 0 Å². The number of carbonyl (C=O) groups excluding carboxylic acids is 1. The number of hydrogen-bond acceptors (Lipinski definition) is 6. The highest BCUT2D eigenvalue weighted by molar-refractivity contribution is 7.09. The van der Waals surface area contributed by atoms with E-state index in [1.165, 1.54) is 4.88 Å². The molecule has 0 bridgehead atoms. The van der Waals surface area contributed by atoms with Crippen molar-refractivity contribution in [1.82, 2.24) is 15.0 Å². The zero-order valence-electron chi connectivity index (χ0n) is 14.2. The van der Waals surface area contributed by atoms with Crippen LogP contribution in [0, 0.1) is 6.92 Å². The zero-order valence-corrected chi connectivity index (χ0v) is 15.0. The molecule has 1 atom stereocenters. The minimum atomic E-state index is -0.177. The Kier molecular flexibility index (Phi) is 5.65. The summed E-state index contributed by atoms with van der Waals surface area (Å²) in [7, 11) is 0. The zero-order chi connectivity index (χ0) is 16.9. The molecular formula is C17H24N4O2S. The second-order valence-corrected chi connectivity index (χ2v) is 7.27. The Labute approximate surface area is 146 Å². The quantitative estimate of drug-likeness (QED) is 0.900.